The first kappa shape index (κ1) is 18.7. The minimum absolute atomic E-state index is 0.0231. The standard InChI is InChI=1S/C18H22N2O5S/c1-3-20-15(22)12-13(16(20)23)18(17(24)25,8-9-26-2)19-14(12)10-6-4-5-7-11(10)21/h4-7,12-14,19,21H,3,8-9H2,1-2H3,(H,24,25)/t12-,13+,14-,18-/m0/s1. The second-order valence-electron chi connectivity index (χ2n) is 6.62. The van der Waals surface area contributed by atoms with Crippen molar-refractivity contribution in [3.8, 4) is 5.75 Å². The summed E-state index contributed by atoms with van der Waals surface area (Å²) >= 11 is 1.48. The van der Waals surface area contributed by atoms with Gasteiger partial charge in [-0.2, -0.15) is 11.8 Å². The maximum absolute atomic E-state index is 12.9. The van der Waals surface area contributed by atoms with Gasteiger partial charge in [0.05, 0.1) is 11.8 Å². The number of nitrogens with one attached hydrogen (secondary N) is 1. The highest BCUT2D eigenvalue weighted by Gasteiger charge is 2.68. The van der Waals surface area contributed by atoms with E-state index < -0.39 is 35.3 Å². The van der Waals surface area contributed by atoms with Crippen LogP contribution in [0.25, 0.3) is 0 Å². The summed E-state index contributed by atoms with van der Waals surface area (Å²) in [5.74, 6) is -3.28. The molecule has 2 aliphatic rings. The first-order valence-electron chi connectivity index (χ1n) is 8.52. The minimum atomic E-state index is -1.53. The number of carboxylic acid groups (broad SMARTS) is 1. The van der Waals surface area contributed by atoms with Gasteiger partial charge < -0.3 is 10.2 Å². The van der Waals surface area contributed by atoms with Gasteiger partial charge in [-0.1, -0.05) is 18.2 Å². The van der Waals surface area contributed by atoms with Crippen molar-refractivity contribution in [1.29, 1.82) is 0 Å². The zero-order chi connectivity index (χ0) is 19.1. The Kier molecular flexibility index (Phi) is 4.98. The molecule has 2 heterocycles. The van der Waals surface area contributed by atoms with Gasteiger partial charge in [-0.15, -0.1) is 0 Å². The third-order valence-electron chi connectivity index (χ3n) is 5.42. The Morgan fingerprint density at radius 1 is 1.31 bits per heavy atom. The van der Waals surface area contributed by atoms with Crippen LogP contribution in [-0.2, 0) is 14.4 Å². The van der Waals surface area contributed by atoms with Crippen molar-refractivity contribution in [2.75, 3.05) is 18.6 Å². The van der Waals surface area contributed by atoms with E-state index >= 15 is 0 Å². The molecule has 0 unspecified atom stereocenters. The number of likely N-dealkylation sites (tertiary alicyclic amines) is 1. The quantitative estimate of drug-likeness (QED) is 0.639. The summed E-state index contributed by atoms with van der Waals surface area (Å²) in [5, 5.41) is 23.3. The summed E-state index contributed by atoms with van der Waals surface area (Å²) in [6.07, 6.45) is 2.08. The van der Waals surface area contributed by atoms with Crippen molar-refractivity contribution < 1.29 is 24.6 Å². The number of carbonyl (C=O) groups is 3. The van der Waals surface area contributed by atoms with Crippen LogP contribution in [0.3, 0.4) is 0 Å². The third-order valence-corrected chi connectivity index (χ3v) is 6.03. The number of amides is 2. The summed E-state index contributed by atoms with van der Waals surface area (Å²) < 4.78 is 0. The van der Waals surface area contributed by atoms with E-state index in [1.54, 1.807) is 25.1 Å². The number of imide groups is 1. The van der Waals surface area contributed by atoms with Gasteiger partial charge in [0.1, 0.15) is 11.3 Å². The van der Waals surface area contributed by atoms with E-state index in [-0.39, 0.29) is 24.6 Å². The lowest BCUT2D eigenvalue weighted by atomic mass is 9.78. The van der Waals surface area contributed by atoms with Crippen molar-refractivity contribution in [2.24, 2.45) is 11.8 Å². The van der Waals surface area contributed by atoms with Crippen LogP contribution in [0.5, 0.6) is 5.75 Å². The molecule has 0 spiro atoms. The molecule has 2 amide bonds. The molecule has 0 bridgehead atoms. The average molecular weight is 378 g/mol. The van der Waals surface area contributed by atoms with E-state index in [4.69, 9.17) is 0 Å². The fourth-order valence-electron chi connectivity index (χ4n) is 4.19. The lowest BCUT2D eigenvalue weighted by molar-refractivity contribution is -0.151. The molecule has 1 aromatic rings. The van der Waals surface area contributed by atoms with Crippen molar-refractivity contribution in [3.63, 3.8) is 0 Å². The predicted octanol–water partition coefficient (Wildman–Crippen LogP) is 1.23. The number of aromatic hydroxyl groups is 1. The van der Waals surface area contributed by atoms with Gasteiger partial charge >= 0.3 is 5.97 Å². The number of phenols is 1. The van der Waals surface area contributed by atoms with E-state index in [9.17, 15) is 24.6 Å². The number of rotatable bonds is 6. The Morgan fingerprint density at radius 3 is 2.58 bits per heavy atom. The average Bonchev–Trinajstić information content (AvgIpc) is 3.08. The maximum Gasteiger partial charge on any atom is 0.324 e. The molecule has 4 atom stereocenters. The smallest absolute Gasteiger partial charge is 0.324 e. The van der Waals surface area contributed by atoms with Crippen LogP contribution >= 0.6 is 11.8 Å². The van der Waals surface area contributed by atoms with Crippen LogP contribution in [0.2, 0.25) is 0 Å². The SMILES string of the molecule is CCN1C(=O)[C@@H]2[C@H](c3ccccc3O)N[C@](CCSC)(C(=O)O)[C@H]2C1=O. The highest BCUT2D eigenvalue weighted by molar-refractivity contribution is 7.98. The molecule has 7 nitrogen and oxygen atoms in total. The zero-order valence-electron chi connectivity index (χ0n) is 14.6. The van der Waals surface area contributed by atoms with Gasteiger partial charge in [-0.05, 0) is 31.4 Å². The molecule has 2 saturated heterocycles. The van der Waals surface area contributed by atoms with Crippen LogP contribution in [0.4, 0.5) is 0 Å². The molecule has 0 radical (unpaired) electrons. The molecular formula is C18H22N2O5S. The van der Waals surface area contributed by atoms with Crippen molar-refractivity contribution in [3.05, 3.63) is 29.8 Å². The zero-order valence-corrected chi connectivity index (χ0v) is 15.5. The molecule has 8 heteroatoms. The molecule has 1 aromatic carbocycles. The number of carboxylic acids is 1. The number of phenolic OH excluding ortho intramolecular Hbond substituents is 1. The first-order valence-corrected chi connectivity index (χ1v) is 9.91. The molecule has 3 N–H and O–H groups in total. The van der Waals surface area contributed by atoms with E-state index in [1.807, 2.05) is 6.26 Å². The Balaban J connectivity index is 2.14. The van der Waals surface area contributed by atoms with E-state index in [0.717, 1.165) is 4.90 Å². The van der Waals surface area contributed by atoms with Crippen molar-refractivity contribution >= 4 is 29.5 Å². The highest BCUT2D eigenvalue weighted by atomic mass is 32.2. The summed E-state index contributed by atoms with van der Waals surface area (Å²) in [4.78, 5) is 39.2. The largest absolute Gasteiger partial charge is 0.508 e. The number of fused-ring (bicyclic) bond motifs is 1. The molecule has 0 saturated carbocycles. The van der Waals surface area contributed by atoms with Crippen LogP contribution in [-0.4, -0.2) is 57.0 Å². The third kappa shape index (κ3) is 2.59. The van der Waals surface area contributed by atoms with E-state index in [0.29, 0.717) is 11.3 Å². The number of nitrogens with zero attached hydrogens (tertiary/aromatic N) is 1. The molecule has 3 rings (SSSR count). The maximum atomic E-state index is 12.9. The molecule has 2 fully saturated rings. The number of hydrogen-bond acceptors (Lipinski definition) is 6. The number of aliphatic carboxylic acids is 1. The predicted molar refractivity (Wildman–Crippen MR) is 96.7 cm³/mol. The van der Waals surface area contributed by atoms with Crippen molar-refractivity contribution in [1.82, 2.24) is 10.2 Å². The highest BCUT2D eigenvalue weighted by Crippen LogP contribution is 2.51. The normalized spacial score (nSPS) is 30.7. The molecule has 2 aliphatic heterocycles. The lowest BCUT2D eigenvalue weighted by Crippen LogP contribution is -2.56. The Bertz CT molecular complexity index is 755. The Morgan fingerprint density at radius 2 is 2.00 bits per heavy atom. The van der Waals surface area contributed by atoms with Gasteiger partial charge in [0.2, 0.25) is 11.8 Å². The Labute approximate surface area is 155 Å². The molecule has 0 aromatic heterocycles. The topological polar surface area (TPSA) is 107 Å². The van der Waals surface area contributed by atoms with Crippen LogP contribution in [0.1, 0.15) is 24.9 Å². The number of carbonyl (C=O) groups excluding carboxylic acids is 2. The number of benzene rings is 1. The van der Waals surface area contributed by atoms with Crippen LogP contribution in [0.15, 0.2) is 24.3 Å². The van der Waals surface area contributed by atoms with E-state index in [1.165, 1.54) is 17.8 Å². The summed E-state index contributed by atoms with van der Waals surface area (Å²) in [6, 6.07) is 5.79. The molecule has 26 heavy (non-hydrogen) atoms. The van der Waals surface area contributed by atoms with Crippen molar-refractivity contribution in [2.45, 2.75) is 24.9 Å². The number of para-hydroxylation sites is 1. The van der Waals surface area contributed by atoms with Gasteiger partial charge in [0, 0.05) is 18.2 Å². The van der Waals surface area contributed by atoms with Gasteiger partial charge in [-0.3, -0.25) is 24.6 Å². The van der Waals surface area contributed by atoms with Gasteiger partial charge in [0.25, 0.3) is 0 Å². The van der Waals surface area contributed by atoms with E-state index in [2.05, 4.69) is 5.32 Å². The minimum Gasteiger partial charge on any atom is -0.508 e. The summed E-state index contributed by atoms with van der Waals surface area (Å²) in [5.41, 5.74) is -1.09. The molecule has 0 aliphatic carbocycles. The fraction of sp³-hybridized carbons (Fsp3) is 0.500. The Hall–Kier alpha value is -2.06. The molecule has 140 valence electrons. The second-order valence-corrected chi connectivity index (χ2v) is 7.61. The lowest BCUT2D eigenvalue weighted by Gasteiger charge is -2.31. The van der Waals surface area contributed by atoms with Gasteiger partial charge in [-0.25, -0.2) is 0 Å². The monoisotopic (exact) mass is 378 g/mol. The summed E-state index contributed by atoms with van der Waals surface area (Å²) in [7, 11) is 0. The van der Waals surface area contributed by atoms with Gasteiger partial charge in [0.15, 0.2) is 0 Å². The fourth-order valence-corrected chi connectivity index (χ4v) is 4.71. The first-order chi connectivity index (χ1) is 12.4. The summed E-state index contributed by atoms with van der Waals surface area (Å²) in [6.45, 7) is 1.90. The number of thioether (sulfide) groups is 1. The number of hydrogen-bond donors (Lipinski definition) is 3. The molecular weight excluding hydrogens is 356 g/mol. The second kappa shape index (κ2) is 6.92. The van der Waals surface area contributed by atoms with Crippen LogP contribution < -0.4 is 5.32 Å². The van der Waals surface area contributed by atoms with Crippen LogP contribution in [0, 0.1) is 11.8 Å².